The highest BCUT2D eigenvalue weighted by Crippen LogP contribution is 2.38. The molecule has 0 saturated carbocycles. The van der Waals surface area contributed by atoms with Crippen molar-refractivity contribution in [2.75, 3.05) is 27.2 Å². The molecule has 2 heterocycles. The van der Waals surface area contributed by atoms with E-state index in [4.69, 9.17) is 39.5 Å². The largest absolute Gasteiger partial charge is 0.474 e. The number of ether oxygens (including phenoxy) is 1. The second-order valence-electron chi connectivity index (χ2n) is 9.23. The summed E-state index contributed by atoms with van der Waals surface area (Å²) >= 11 is 18.5. The van der Waals surface area contributed by atoms with Gasteiger partial charge in [-0.2, -0.15) is 0 Å². The Balaban J connectivity index is 1.57. The summed E-state index contributed by atoms with van der Waals surface area (Å²) in [6, 6.07) is 17.0. The zero-order valence-corrected chi connectivity index (χ0v) is 22.2. The molecule has 1 aliphatic heterocycles. The van der Waals surface area contributed by atoms with Gasteiger partial charge < -0.3 is 14.5 Å². The highest BCUT2D eigenvalue weighted by molar-refractivity contribution is 6.42. The van der Waals surface area contributed by atoms with Crippen LogP contribution < -0.4 is 4.74 Å². The third-order valence-electron chi connectivity index (χ3n) is 6.33. The van der Waals surface area contributed by atoms with Crippen molar-refractivity contribution in [1.29, 1.82) is 0 Å². The first kappa shape index (κ1) is 25.8. The van der Waals surface area contributed by atoms with Crippen molar-refractivity contribution in [3.05, 3.63) is 92.6 Å². The van der Waals surface area contributed by atoms with E-state index >= 15 is 0 Å². The molecule has 1 amide bonds. The summed E-state index contributed by atoms with van der Waals surface area (Å²) in [5, 5.41) is 1.55. The first-order valence-corrected chi connectivity index (χ1v) is 12.6. The minimum atomic E-state index is -0.205. The Morgan fingerprint density at radius 1 is 1.06 bits per heavy atom. The van der Waals surface area contributed by atoms with Crippen molar-refractivity contribution in [2.45, 2.75) is 25.5 Å². The molecule has 1 fully saturated rings. The van der Waals surface area contributed by atoms with Crippen molar-refractivity contribution < 1.29 is 9.53 Å². The van der Waals surface area contributed by atoms with E-state index < -0.39 is 0 Å². The molecule has 5 nitrogen and oxygen atoms in total. The number of rotatable bonds is 7. The number of amides is 1. The van der Waals surface area contributed by atoms with Gasteiger partial charge in [0.1, 0.15) is 6.10 Å². The highest BCUT2D eigenvalue weighted by Gasteiger charge is 2.40. The molecule has 8 heteroatoms. The fraction of sp³-hybridized carbons (Fsp3) is 0.333. The molecule has 1 aliphatic rings. The van der Waals surface area contributed by atoms with E-state index in [9.17, 15) is 4.79 Å². The topological polar surface area (TPSA) is 45.7 Å². The molecule has 35 heavy (non-hydrogen) atoms. The van der Waals surface area contributed by atoms with Crippen LogP contribution in [-0.4, -0.2) is 54.0 Å². The molecule has 0 aliphatic carbocycles. The highest BCUT2D eigenvalue weighted by atomic mass is 35.5. The number of nitrogens with zero attached hydrogens (tertiary/aromatic N) is 3. The second-order valence-corrected chi connectivity index (χ2v) is 10.5. The zero-order valence-electron chi connectivity index (χ0n) is 19.9. The Morgan fingerprint density at radius 3 is 2.43 bits per heavy atom. The van der Waals surface area contributed by atoms with Gasteiger partial charge in [0, 0.05) is 49.3 Å². The lowest BCUT2D eigenvalue weighted by atomic mass is 9.86. The molecule has 1 aromatic heterocycles. The summed E-state index contributed by atoms with van der Waals surface area (Å²) in [6.07, 6.45) is 1.35. The summed E-state index contributed by atoms with van der Waals surface area (Å²) in [4.78, 5) is 21.7. The summed E-state index contributed by atoms with van der Waals surface area (Å²) in [5.74, 6) is 0.563. The van der Waals surface area contributed by atoms with Crippen molar-refractivity contribution in [2.24, 2.45) is 5.92 Å². The van der Waals surface area contributed by atoms with E-state index in [1.807, 2.05) is 62.3 Å². The number of hydrogen-bond donors (Lipinski definition) is 0. The van der Waals surface area contributed by atoms with Gasteiger partial charge in [-0.15, -0.1) is 0 Å². The van der Waals surface area contributed by atoms with Crippen LogP contribution >= 0.6 is 34.8 Å². The second kappa shape index (κ2) is 11.2. The van der Waals surface area contributed by atoms with Gasteiger partial charge in [-0.05, 0) is 62.5 Å². The summed E-state index contributed by atoms with van der Waals surface area (Å²) < 4.78 is 6.17. The maximum Gasteiger partial charge on any atom is 0.253 e. The van der Waals surface area contributed by atoms with Crippen LogP contribution in [0.2, 0.25) is 15.1 Å². The molecule has 3 atom stereocenters. The monoisotopic (exact) mass is 531 g/mol. The van der Waals surface area contributed by atoms with Crippen LogP contribution in [0.4, 0.5) is 0 Å². The average molecular weight is 533 g/mol. The van der Waals surface area contributed by atoms with Crippen molar-refractivity contribution in [3.63, 3.8) is 0 Å². The summed E-state index contributed by atoms with van der Waals surface area (Å²) in [5.41, 5.74) is 2.87. The molecule has 0 radical (unpaired) electrons. The molecule has 3 aromatic rings. The van der Waals surface area contributed by atoms with Gasteiger partial charge >= 0.3 is 0 Å². The van der Waals surface area contributed by atoms with Gasteiger partial charge in [0.05, 0.1) is 15.1 Å². The lowest BCUT2D eigenvalue weighted by molar-refractivity contribution is 0.0769. The number of carbonyl (C=O) groups is 1. The standard InChI is InChI=1S/C27H28Cl3N3O2/c1-17(35-26-11-9-21(28)13-31-26)22-15-33(16-23(22)20-8-10-24(29)25(30)12-20)27(34)19-6-4-18(5-7-19)14-32(2)3/h4-13,17,22-23H,14-16H2,1-3H3/t17-,22-,23+/m0/s1. The van der Waals surface area contributed by atoms with Crippen LogP contribution in [0.15, 0.2) is 60.8 Å². The normalized spacial score (nSPS) is 18.7. The molecule has 4 rings (SSSR count). The molecular formula is C27H28Cl3N3O2. The third-order valence-corrected chi connectivity index (χ3v) is 7.30. The van der Waals surface area contributed by atoms with E-state index in [2.05, 4.69) is 9.88 Å². The average Bonchev–Trinajstić information content (AvgIpc) is 3.28. The van der Waals surface area contributed by atoms with Crippen molar-refractivity contribution >= 4 is 40.7 Å². The van der Waals surface area contributed by atoms with E-state index in [-0.39, 0.29) is 23.8 Å². The predicted octanol–water partition coefficient (Wildman–Crippen LogP) is 6.43. The number of likely N-dealkylation sites (tertiary alicyclic amines) is 1. The molecule has 0 bridgehead atoms. The third kappa shape index (κ3) is 6.28. The molecule has 0 spiro atoms. The quantitative estimate of drug-likeness (QED) is 0.352. The van der Waals surface area contributed by atoms with E-state index in [0.717, 1.165) is 17.7 Å². The number of aromatic nitrogens is 1. The first-order valence-electron chi connectivity index (χ1n) is 11.5. The maximum atomic E-state index is 13.4. The smallest absolute Gasteiger partial charge is 0.253 e. The van der Waals surface area contributed by atoms with E-state index in [1.165, 1.54) is 0 Å². The van der Waals surface area contributed by atoms with Gasteiger partial charge in [-0.1, -0.05) is 53.0 Å². The zero-order chi connectivity index (χ0) is 25.1. The Hall–Kier alpha value is -2.31. The number of pyridine rings is 1. The van der Waals surface area contributed by atoms with Crippen LogP contribution in [0.3, 0.4) is 0 Å². The molecule has 184 valence electrons. The molecule has 0 unspecified atom stereocenters. The van der Waals surface area contributed by atoms with Gasteiger partial charge in [0.25, 0.3) is 5.91 Å². The van der Waals surface area contributed by atoms with Crippen molar-refractivity contribution in [1.82, 2.24) is 14.8 Å². The minimum Gasteiger partial charge on any atom is -0.474 e. The van der Waals surface area contributed by atoms with Crippen LogP contribution in [0.5, 0.6) is 5.88 Å². The molecule has 2 aromatic carbocycles. The molecule has 1 saturated heterocycles. The van der Waals surface area contributed by atoms with Crippen LogP contribution in [0.1, 0.15) is 34.3 Å². The van der Waals surface area contributed by atoms with Gasteiger partial charge in [-0.3, -0.25) is 4.79 Å². The minimum absolute atomic E-state index is 0.00535. The first-order chi connectivity index (χ1) is 16.7. The Kier molecular flexibility index (Phi) is 8.23. The lowest BCUT2D eigenvalue weighted by Gasteiger charge is -2.25. The van der Waals surface area contributed by atoms with Crippen molar-refractivity contribution in [3.8, 4) is 5.88 Å². The fourth-order valence-corrected chi connectivity index (χ4v) is 4.99. The van der Waals surface area contributed by atoms with E-state index in [0.29, 0.717) is 39.6 Å². The van der Waals surface area contributed by atoms with Crippen LogP contribution in [-0.2, 0) is 6.54 Å². The molecular weight excluding hydrogens is 505 g/mol. The number of carbonyl (C=O) groups excluding carboxylic acids is 1. The van der Waals surface area contributed by atoms with Gasteiger partial charge in [0.2, 0.25) is 5.88 Å². The van der Waals surface area contributed by atoms with Gasteiger partial charge in [0.15, 0.2) is 0 Å². The number of halogens is 3. The Labute approximate surface area is 221 Å². The number of hydrogen-bond acceptors (Lipinski definition) is 4. The van der Waals surface area contributed by atoms with Crippen LogP contribution in [0.25, 0.3) is 0 Å². The summed E-state index contributed by atoms with van der Waals surface area (Å²) in [7, 11) is 4.05. The maximum absolute atomic E-state index is 13.4. The predicted molar refractivity (Wildman–Crippen MR) is 142 cm³/mol. The lowest BCUT2D eigenvalue weighted by Crippen LogP contribution is -2.32. The molecule has 0 N–H and O–H groups in total. The number of benzene rings is 2. The SMILES string of the molecule is C[C@H](Oc1ccc(Cl)cn1)[C@@H]1CN(C(=O)c2ccc(CN(C)C)cc2)C[C@@H]1c1ccc(Cl)c(Cl)c1. The summed E-state index contributed by atoms with van der Waals surface area (Å²) in [6.45, 7) is 3.95. The van der Waals surface area contributed by atoms with Crippen LogP contribution in [0, 0.1) is 5.92 Å². The van der Waals surface area contributed by atoms with Gasteiger partial charge in [-0.25, -0.2) is 4.98 Å². The Bertz CT molecular complexity index is 1170. The fourth-order valence-electron chi connectivity index (χ4n) is 4.58. The Morgan fingerprint density at radius 2 is 1.80 bits per heavy atom. The van der Waals surface area contributed by atoms with E-state index in [1.54, 1.807) is 24.4 Å².